The summed E-state index contributed by atoms with van der Waals surface area (Å²) in [5.41, 5.74) is 4.66. The van der Waals surface area contributed by atoms with Gasteiger partial charge in [0.05, 0.1) is 23.9 Å². The molecule has 7 nitrogen and oxygen atoms in total. The predicted molar refractivity (Wildman–Crippen MR) is 135 cm³/mol. The van der Waals surface area contributed by atoms with Gasteiger partial charge < -0.3 is 14.0 Å². The number of fused-ring (bicyclic) bond motifs is 2. The van der Waals surface area contributed by atoms with Gasteiger partial charge in [-0.25, -0.2) is 5.43 Å². The molecule has 1 amide bonds. The minimum absolute atomic E-state index is 0.0111. The van der Waals surface area contributed by atoms with E-state index in [4.69, 9.17) is 9.47 Å². The number of hydrogen-bond acceptors (Lipinski definition) is 5. The second-order valence-electron chi connectivity index (χ2n) is 7.48. The van der Waals surface area contributed by atoms with E-state index in [9.17, 15) is 9.59 Å². The highest BCUT2D eigenvalue weighted by molar-refractivity contribution is 5.95. The van der Waals surface area contributed by atoms with E-state index in [1.807, 2.05) is 54.0 Å². The SMILES string of the molecule is C=CCOc1ccc(/C=N\NC(=O)Cn2c3ccccc3c(=O)c3ccccc32)cc1OCC. The van der Waals surface area contributed by atoms with Crippen LogP contribution in [0.2, 0.25) is 0 Å². The largest absolute Gasteiger partial charge is 0.490 e. The Kier molecular flexibility index (Phi) is 7.03. The van der Waals surface area contributed by atoms with Crippen LogP contribution in [0.15, 0.2) is 89.3 Å². The summed E-state index contributed by atoms with van der Waals surface area (Å²) in [6.07, 6.45) is 3.20. The number of ether oxygens (including phenoxy) is 2. The number of nitrogens with zero attached hydrogens (tertiary/aromatic N) is 2. The molecule has 1 N–H and O–H groups in total. The molecule has 0 saturated carbocycles. The molecule has 4 rings (SSSR count). The summed E-state index contributed by atoms with van der Waals surface area (Å²) in [7, 11) is 0. The molecule has 0 unspecified atom stereocenters. The third-order valence-corrected chi connectivity index (χ3v) is 5.21. The van der Waals surface area contributed by atoms with Gasteiger partial charge in [-0.05, 0) is 55.0 Å². The standard InChI is InChI=1S/C27H25N3O4/c1-3-15-34-24-14-13-19(16-25(24)33-4-2)17-28-29-26(31)18-30-22-11-7-5-9-20(22)27(32)21-10-6-8-12-23(21)30/h3,5-14,16-17H,1,4,15,18H2,2H3,(H,29,31)/b28-17-. The van der Waals surface area contributed by atoms with E-state index in [1.165, 1.54) is 0 Å². The normalized spacial score (nSPS) is 11.1. The third kappa shape index (κ3) is 4.83. The van der Waals surface area contributed by atoms with E-state index >= 15 is 0 Å². The average Bonchev–Trinajstić information content (AvgIpc) is 2.86. The van der Waals surface area contributed by atoms with Crippen molar-refractivity contribution in [1.29, 1.82) is 0 Å². The smallest absolute Gasteiger partial charge is 0.260 e. The van der Waals surface area contributed by atoms with Gasteiger partial charge in [-0.2, -0.15) is 5.10 Å². The highest BCUT2D eigenvalue weighted by Gasteiger charge is 2.12. The van der Waals surface area contributed by atoms with Crippen molar-refractivity contribution in [3.05, 3.63) is 95.2 Å². The van der Waals surface area contributed by atoms with Gasteiger partial charge in [-0.1, -0.05) is 36.9 Å². The number of nitrogens with one attached hydrogen (secondary N) is 1. The van der Waals surface area contributed by atoms with Gasteiger partial charge in [0, 0.05) is 10.8 Å². The number of carbonyl (C=O) groups is 1. The summed E-state index contributed by atoms with van der Waals surface area (Å²) in [6.45, 7) is 6.41. The number of hydrazone groups is 1. The zero-order valence-corrected chi connectivity index (χ0v) is 18.9. The fraction of sp³-hybridized carbons (Fsp3) is 0.148. The fourth-order valence-electron chi connectivity index (χ4n) is 3.75. The molecule has 1 heterocycles. The van der Waals surface area contributed by atoms with Gasteiger partial charge in [-0.3, -0.25) is 9.59 Å². The number of para-hydroxylation sites is 2. The number of aromatic nitrogens is 1. The third-order valence-electron chi connectivity index (χ3n) is 5.21. The summed E-state index contributed by atoms with van der Waals surface area (Å²) in [6, 6.07) is 20.0. The summed E-state index contributed by atoms with van der Waals surface area (Å²) in [5.74, 6) is 0.886. The maximum absolute atomic E-state index is 12.8. The molecule has 0 saturated heterocycles. The minimum Gasteiger partial charge on any atom is -0.490 e. The van der Waals surface area contributed by atoms with Crippen LogP contribution in [0.3, 0.4) is 0 Å². The van der Waals surface area contributed by atoms with Crippen molar-refractivity contribution in [3.8, 4) is 11.5 Å². The van der Waals surface area contributed by atoms with Crippen molar-refractivity contribution in [3.63, 3.8) is 0 Å². The molecule has 0 fully saturated rings. The molecule has 7 heteroatoms. The van der Waals surface area contributed by atoms with E-state index < -0.39 is 0 Å². The summed E-state index contributed by atoms with van der Waals surface area (Å²) >= 11 is 0. The maximum Gasteiger partial charge on any atom is 0.260 e. The van der Waals surface area contributed by atoms with Gasteiger partial charge in [0.25, 0.3) is 5.91 Å². The van der Waals surface area contributed by atoms with Crippen LogP contribution >= 0.6 is 0 Å². The van der Waals surface area contributed by atoms with Crippen LogP contribution in [-0.2, 0) is 11.3 Å². The van der Waals surface area contributed by atoms with Crippen LogP contribution in [0, 0.1) is 0 Å². The zero-order valence-electron chi connectivity index (χ0n) is 18.9. The first-order chi connectivity index (χ1) is 16.6. The Balaban J connectivity index is 1.55. The first-order valence-corrected chi connectivity index (χ1v) is 10.9. The number of hydrogen-bond donors (Lipinski definition) is 1. The molecule has 0 atom stereocenters. The van der Waals surface area contributed by atoms with Gasteiger partial charge in [0.2, 0.25) is 0 Å². The minimum atomic E-state index is -0.314. The summed E-state index contributed by atoms with van der Waals surface area (Å²) in [4.78, 5) is 25.6. The quantitative estimate of drug-likeness (QED) is 0.177. The van der Waals surface area contributed by atoms with Crippen LogP contribution in [-0.4, -0.2) is 29.9 Å². The van der Waals surface area contributed by atoms with Crippen LogP contribution in [0.4, 0.5) is 0 Å². The Hall–Kier alpha value is -4.39. The first kappa shape index (κ1) is 22.8. The topological polar surface area (TPSA) is 81.9 Å². The van der Waals surface area contributed by atoms with E-state index in [-0.39, 0.29) is 17.9 Å². The predicted octanol–water partition coefficient (Wildman–Crippen LogP) is 4.27. The van der Waals surface area contributed by atoms with Crippen LogP contribution in [0.1, 0.15) is 12.5 Å². The van der Waals surface area contributed by atoms with Crippen molar-refractivity contribution < 1.29 is 14.3 Å². The molecule has 0 aliphatic rings. The van der Waals surface area contributed by atoms with Crippen molar-refractivity contribution >= 4 is 33.9 Å². The number of pyridine rings is 1. The number of benzene rings is 3. The lowest BCUT2D eigenvalue weighted by atomic mass is 10.1. The maximum atomic E-state index is 12.8. The highest BCUT2D eigenvalue weighted by Crippen LogP contribution is 2.28. The Morgan fingerprint density at radius 2 is 1.68 bits per heavy atom. The van der Waals surface area contributed by atoms with Crippen molar-refractivity contribution in [2.75, 3.05) is 13.2 Å². The molecular weight excluding hydrogens is 430 g/mol. The summed E-state index contributed by atoms with van der Waals surface area (Å²) in [5, 5.41) is 5.23. The van der Waals surface area contributed by atoms with Gasteiger partial charge >= 0.3 is 0 Å². The molecule has 0 bridgehead atoms. The van der Waals surface area contributed by atoms with Gasteiger partial charge in [0.15, 0.2) is 16.9 Å². The highest BCUT2D eigenvalue weighted by atomic mass is 16.5. The van der Waals surface area contributed by atoms with Crippen LogP contribution < -0.4 is 20.3 Å². The molecule has 34 heavy (non-hydrogen) atoms. The molecular formula is C27H25N3O4. The first-order valence-electron chi connectivity index (χ1n) is 10.9. The van der Waals surface area contributed by atoms with Crippen molar-refractivity contribution in [2.24, 2.45) is 5.10 Å². The van der Waals surface area contributed by atoms with Gasteiger partial charge in [0.1, 0.15) is 13.2 Å². The monoisotopic (exact) mass is 455 g/mol. The van der Waals surface area contributed by atoms with Crippen LogP contribution in [0.5, 0.6) is 11.5 Å². The van der Waals surface area contributed by atoms with Crippen molar-refractivity contribution in [1.82, 2.24) is 9.99 Å². The molecule has 3 aromatic carbocycles. The fourth-order valence-corrected chi connectivity index (χ4v) is 3.75. The Morgan fingerprint density at radius 3 is 2.32 bits per heavy atom. The van der Waals surface area contributed by atoms with E-state index in [1.54, 1.807) is 36.6 Å². The Labute approximate surface area is 196 Å². The second-order valence-corrected chi connectivity index (χ2v) is 7.48. The van der Waals surface area contributed by atoms with E-state index in [0.29, 0.717) is 46.5 Å². The second kappa shape index (κ2) is 10.5. The lowest BCUT2D eigenvalue weighted by Crippen LogP contribution is -2.25. The lowest BCUT2D eigenvalue weighted by molar-refractivity contribution is -0.121. The number of rotatable bonds is 9. The zero-order chi connectivity index (χ0) is 23.9. The van der Waals surface area contributed by atoms with Crippen LogP contribution in [0.25, 0.3) is 21.8 Å². The molecule has 0 spiro atoms. The molecule has 1 aromatic heterocycles. The van der Waals surface area contributed by atoms with E-state index in [2.05, 4.69) is 17.1 Å². The molecule has 172 valence electrons. The van der Waals surface area contributed by atoms with Crippen molar-refractivity contribution in [2.45, 2.75) is 13.5 Å². The number of amides is 1. The Morgan fingerprint density at radius 1 is 1.00 bits per heavy atom. The molecule has 0 aliphatic carbocycles. The lowest BCUT2D eigenvalue weighted by Gasteiger charge is -2.14. The van der Waals surface area contributed by atoms with E-state index in [0.717, 1.165) is 5.56 Å². The average molecular weight is 456 g/mol. The number of carbonyl (C=O) groups excluding carboxylic acids is 1. The molecule has 4 aromatic rings. The van der Waals surface area contributed by atoms with Gasteiger partial charge in [-0.15, -0.1) is 0 Å². The molecule has 0 aliphatic heterocycles. The Bertz CT molecular complexity index is 1380. The molecule has 0 radical (unpaired) electrons. The summed E-state index contributed by atoms with van der Waals surface area (Å²) < 4.78 is 13.1.